The Morgan fingerprint density at radius 2 is 2.10 bits per heavy atom. The van der Waals surface area contributed by atoms with E-state index in [-0.39, 0.29) is 28.3 Å². The summed E-state index contributed by atoms with van der Waals surface area (Å²) in [5.41, 5.74) is 5.12. The maximum atomic E-state index is 14.1. The zero-order valence-corrected chi connectivity index (χ0v) is 14.1. The quantitative estimate of drug-likeness (QED) is 0.597. The molecule has 0 heterocycles. The first-order valence-electron chi connectivity index (χ1n) is 5.70. The van der Waals surface area contributed by atoms with Crippen LogP contribution in [0.4, 0.5) is 10.1 Å². The van der Waals surface area contributed by atoms with Crippen LogP contribution in [0, 0.1) is 5.82 Å². The lowest BCUT2D eigenvalue weighted by molar-refractivity contribution is 0.236. The van der Waals surface area contributed by atoms with E-state index >= 15 is 0 Å². The summed E-state index contributed by atoms with van der Waals surface area (Å²) in [5, 5.41) is 8.96. The Balaban J connectivity index is 3.50. The number of hydrogen-bond acceptors (Lipinski definition) is 4. The number of halogens is 3. The van der Waals surface area contributed by atoms with E-state index in [4.69, 9.17) is 22.4 Å². The van der Waals surface area contributed by atoms with E-state index in [0.29, 0.717) is 0 Å². The maximum absolute atomic E-state index is 14.1. The first-order chi connectivity index (χ1) is 9.14. The van der Waals surface area contributed by atoms with Crippen molar-refractivity contribution in [3.8, 4) is 0 Å². The molecule has 0 spiro atoms. The molecule has 0 unspecified atom stereocenters. The molecule has 5 nitrogen and oxygen atoms in total. The predicted molar refractivity (Wildman–Crippen MR) is 79.6 cm³/mol. The van der Waals surface area contributed by atoms with Crippen LogP contribution in [0.25, 0.3) is 0 Å². The number of benzene rings is 1. The highest BCUT2D eigenvalue weighted by Crippen LogP contribution is 2.35. The van der Waals surface area contributed by atoms with Crippen LogP contribution >= 0.6 is 27.5 Å². The van der Waals surface area contributed by atoms with Gasteiger partial charge in [0.2, 0.25) is 10.0 Å². The molecular formula is C11H15BrClFN2O3S. The van der Waals surface area contributed by atoms with Crippen LogP contribution in [0.3, 0.4) is 0 Å². The normalized spacial score (nSPS) is 12.4. The van der Waals surface area contributed by atoms with E-state index < -0.39 is 26.8 Å². The van der Waals surface area contributed by atoms with Crippen molar-refractivity contribution in [3.05, 3.63) is 21.4 Å². The van der Waals surface area contributed by atoms with Crippen molar-refractivity contribution >= 4 is 43.2 Å². The number of rotatable bonds is 5. The molecule has 0 aliphatic carbocycles. The fourth-order valence-electron chi connectivity index (χ4n) is 1.67. The average Bonchev–Trinajstić information content (AvgIpc) is 2.36. The number of aliphatic hydroxyl groups is 1. The van der Waals surface area contributed by atoms with Crippen molar-refractivity contribution in [2.75, 3.05) is 18.9 Å². The molecule has 0 atom stereocenters. The second-order valence-corrected chi connectivity index (χ2v) is 7.39. The lowest BCUT2D eigenvalue weighted by Gasteiger charge is -2.25. The van der Waals surface area contributed by atoms with Crippen molar-refractivity contribution in [3.63, 3.8) is 0 Å². The van der Waals surface area contributed by atoms with Crippen molar-refractivity contribution in [1.29, 1.82) is 0 Å². The summed E-state index contributed by atoms with van der Waals surface area (Å²) < 4.78 is 40.1. The van der Waals surface area contributed by atoms with Crippen LogP contribution in [0.1, 0.15) is 13.8 Å². The molecule has 114 valence electrons. The molecule has 1 aromatic rings. The van der Waals surface area contributed by atoms with E-state index in [1.807, 2.05) is 0 Å². The van der Waals surface area contributed by atoms with Crippen molar-refractivity contribution in [1.82, 2.24) is 4.31 Å². The number of nitrogens with zero attached hydrogens (tertiary/aromatic N) is 1. The first-order valence-corrected chi connectivity index (χ1v) is 8.31. The van der Waals surface area contributed by atoms with Gasteiger partial charge >= 0.3 is 0 Å². The molecule has 0 saturated carbocycles. The molecule has 0 aromatic heterocycles. The number of nitrogen functional groups attached to an aromatic ring is 1. The van der Waals surface area contributed by atoms with E-state index in [0.717, 1.165) is 10.4 Å². The van der Waals surface area contributed by atoms with Gasteiger partial charge < -0.3 is 10.8 Å². The highest BCUT2D eigenvalue weighted by atomic mass is 79.9. The summed E-state index contributed by atoms with van der Waals surface area (Å²) in [6.07, 6.45) is 0. The first kappa shape index (κ1) is 17.6. The molecule has 1 aromatic carbocycles. The minimum atomic E-state index is -4.14. The van der Waals surface area contributed by atoms with Crippen LogP contribution in [0.2, 0.25) is 5.02 Å². The second kappa shape index (κ2) is 6.57. The Kier molecular flexibility index (Phi) is 5.79. The fraction of sp³-hybridized carbons (Fsp3) is 0.455. The molecule has 3 N–H and O–H groups in total. The second-order valence-electron chi connectivity index (χ2n) is 4.33. The monoisotopic (exact) mass is 388 g/mol. The van der Waals surface area contributed by atoms with E-state index in [9.17, 15) is 12.8 Å². The van der Waals surface area contributed by atoms with Crippen LogP contribution < -0.4 is 5.73 Å². The highest BCUT2D eigenvalue weighted by molar-refractivity contribution is 9.10. The molecule has 0 fully saturated rings. The third-order valence-electron chi connectivity index (χ3n) is 2.64. The van der Waals surface area contributed by atoms with Gasteiger partial charge in [0, 0.05) is 12.6 Å². The van der Waals surface area contributed by atoms with E-state index in [1.54, 1.807) is 13.8 Å². The van der Waals surface area contributed by atoms with E-state index in [1.165, 1.54) is 0 Å². The van der Waals surface area contributed by atoms with Crippen molar-refractivity contribution in [2.45, 2.75) is 24.8 Å². The summed E-state index contributed by atoms with van der Waals surface area (Å²) >= 11 is 8.81. The average molecular weight is 390 g/mol. The van der Waals surface area contributed by atoms with Gasteiger partial charge in [-0.2, -0.15) is 4.31 Å². The zero-order chi connectivity index (χ0) is 15.7. The number of hydrogen-bond donors (Lipinski definition) is 2. The van der Waals surface area contributed by atoms with Gasteiger partial charge in [0.1, 0.15) is 4.90 Å². The number of nitrogens with two attached hydrogens (primary N) is 1. The standard InChI is InChI=1S/C11H15BrClFN2O3S/c1-6(2)16(3-4-17)20(18,19)8-5-7(13)9(12)11(15)10(8)14/h5-6,17H,3-4,15H2,1-2H3. The summed E-state index contributed by atoms with van der Waals surface area (Å²) in [6.45, 7) is 2.72. The largest absolute Gasteiger partial charge is 0.395 e. The zero-order valence-electron chi connectivity index (χ0n) is 10.9. The Labute approximate surface area is 130 Å². The molecule has 20 heavy (non-hydrogen) atoms. The van der Waals surface area contributed by atoms with Crippen LogP contribution in [-0.4, -0.2) is 37.0 Å². The van der Waals surface area contributed by atoms with Gasteiger partial charge in [-0.25, -0.2) is 12.8 Å². The van der Waals surface area contributed by atoms with Gasteiger partial charge in [-0.1, -0.05) is 11.6 Å². The van der Waals surface area contributed by atoms with Crippen LogP contribution in [0.5, 0.6) is 0 Å². The predicted octanol–water partition coefficient (Wildman–Crippen LogP) is 2.22. The smallest absolute Gasteiger partial charge is 0.246 e. The van der Waals surface area contributed by atoms with Gasteiger partial charge in [0.15, 0.2) is 5.82 Å². The SMILES string of the molecule is CC(C)N(CCO)S(=O)(=O)c1cc(Cl)c(Br)c(N)c1F. The number of aliphatic hydroxyl groups excluding tert-OH is 1. The molecule has 0 aliphatic heterocycles. The lowest BCUT2D eigenvalue weighted by atomic mass is 10.3. The molecular weight excluding hydrogens is 375 g/mol. The molecule has 0 aliphatic rings. The van der Waals surface area contributed by atoms with E-state index in [2.05, 4.69) is 15.9 Å². The van der Waals surface area contributed by atoms with Crippen molar-refractivity contribution < 1.29 is 17.9 Å². The Bertz CT molecular complexity index is 610. The highest BCUT2D eigenvalue weighted by Gasteiger charge is 2.31. The summed E-state index contributed by atoms with van der Waals surface area (Å²) in [6, 6.07) is 0.551. The summed E-state index contributed by atoms with van der Waals surface area (Å²) in [4.78, 5) is -0.606. The molecule has 0 saturated heterocycles. The Morgan fingerprint density at radius 1 is 1.55 bits per heavy atom. The molecule has 0 bridgehead atoms. The Hall–Kier alpha value is -0.410. The minimum absolute atomic E-state index is 0.00446. The molecule has 9 heteroatoms. The number of anilines is 1. The topological polar surface area (TPSA) is 83.6 Å². The molecule has 0 radical (unpaired) electrons. The van der Waals surface area contributed by atoms with Crippen molar-refractivity contribution in [2.24, 2.45) is 0 Å². The van der Waals surface area contributed by atoms with Crippen LogP contribution in [-0.2, 0) is 10.0 Å². The fourth-order valence-corrected chi connectivity index (χ4v) is 3.97. The number of sulfonamides is 1. The summed E-state index contributed by atoms with van der Waals surface area (Å²) in [5.74, 6) is -1.06. The Morgan fingerprint density at radius 3 is 2.55 bits per heavy atom. The lowest BCUT2D eigenvalue weighted by Crippen LogP contribution is -2.39. The third-order valence-corrected chi connectivity index (χ3v) is 6.10. The van der Waals surface area contributed by atoms with Gasteiger partial charge in [-0.15, -0.1) is 0 Å². The maximum Gasteiger partial charge on any atom is 0.246 e. The van der Waals surface area contributed by atoms with Gasteiger partial charge in [-0.3, -0.25) is 0 Å². The molecule has 1 rings (SSSR count). The third kappa shape index (κ3) is 3.25. The molecule has 0 amide bonds. The minimum Gasteiger partial charge on any atom is -0.395 e. The van der Waals surface area contributed by atoms with Gasteiger partial charge in [0.25, 0.3) is 0 Å². The van der Waals surface area contributed by atoms with Gasteiger partial charge in [0.05, 0.1) is 21.8 Å². The van der Waals surface area contributed by atoms with Crippen LogP contribution in [0.15, 0.2) is 15.4 Å². The summed E-state index contributed by atoms with van der Waals surface area (Å²) in [7, 11) is -4.14. The van der Waals surface area contributed by atoms with Gasteiger partial charge in [-0.05, 0) is 35.8 Å².